The van der Waals surface area contributed by atoms with E-state index in [4.69, 9.17) is 0 Å². The van der Waals surface area contributed by atoms with E-state index in [0.29, 0.717) is 12.2 Å². The Hall–Kier alpha value is -1.58. The summed E-state index contributed by atoms with van der Waals surface area (Å²) in [6.07, 6.45) is -9.50. The van der Waals surface area contributed by atoms with Crippen molar-refractivity contribution >= 4 is 9.05 Å². The van der Waals surface area contributed by atoms with Crippen molar-refractivity contribution < 1.29 is 88.0 Å². The minimum Gasteiger partial charge on any atom is -0.347 e. The minimum absolute atomic E-state index is 0.612. The summed E-state index contributed by atoms with van der Waals surface area (Å²) in [5.41, 5.74) is 0. The van der Waals surface area contributed by atoms with E-state index in [1.165, 1.54) is 0 Å². The highest BCUT2D eigenvalue weighted by atomic mass is 28.4. The molecule has 0 aliphatic heterocycles. The highest BCUT2D eigenvalue weighted by molar-refractivity contribution is 6.53. The lowest BCUT2D eigenvalue weighted by molar-refractivity contribution is -0.348. The first kappa shape index (κ1) is 35.4. The maximum atomic E-state index is 13.8. The van der Waals surface area contributed by atoms with E-state index in [2.05, 4.69) is 30.9 Å². The summed E-state index contributed by atoms with van der Waals surface area (Å²) in [5, 5.41) is 0. The van der Waals surface area contributed by atoms with Crippen LogP contribution in [-0.4, -0.2) is 83.9 Å². The summed E-state index contributed by atoms with van der Waals surface area (Å²) in [6.45, 7) is -2.58. The van der Waals surface area contributed by atoms with Gasteiger partial charge >= 0.3 is 57.4 Å². The average molecular weight is 604 g/mol. The van der Waals surface area contributed by atoms with Crippen LogP contribution in [0.2, 0.25) is 0 Å². The minimum atomic E-state index is -6.90. The van der Waals surface area contributed by atoms with Crippen LogP contribution in [0.25, 0.3) is 0 Å². The SMILES string of the molecule is C=CCO[Si](OCC=C)(OCC(F)(F)C(F)(F)C(F)(F)C(F)F)OCC(F)(F)C(F)(F)C(F)(F)C(F)F. The molecule has 0 fully saturated rings. The zero-order valence-corrected chi connectivity index (χ0v) is 18.7. The Balaban J connectivity index is 6.26. The molecule has 21 heteroatoms. The van der Waals surface area contributed by atoms with Crippen LogP contribution in [0.5, 0.6) is 0 Å². The third-order valence-electron chi connectivity index (χ3n) is 3.92. The molecule has 0 heterocycles. The molecule has 0 aliphatic carbocycles. The van der Waals surface area contributed by atoms with Gasteiger partial charge in [-0.15, -0.1) is 13.2 Å². The second kappa shape index (κ2) is 12.1. The van der Waals surface area contributed by atoms with Crippen LogP contribution in [0.15, 0.2) is 25.3 Å². The standard InChI is InChI=1S/C16H16F16O4Si/c1-3-5-33-37(34-6-4-2,35-7-11(21,22)15(29,30)13(25,26)9(17)18)36-8-12(23,24)16(31,32)14(27,28)10(19)20/h3-4,9-10H,1-2,5-8H2. The largest absolute Gasteiger partial charge is 0.680 e. The maximum absolute atomic E-state index is 13.8. The molecular weight excluding hydrogens is 588 g/mol. The van der Waals surface area contributed by atoms with E-state index in [1.54, 1.807) is 0 Å². The van der Waals surface area contributed by atoms with Crippen molar-refractivity contribution in [3.8, 4) is 0 Å². The first-order valence-electron chi connectivity index (χ1n) is 9.03. The molecule has 0 atom stereocenters. The fraction of sp³-hybridized carbons (Fsp3) is 0.750. The van der Waals surface area contributed by atoms with Crippen LogP contribution in [-0.2, 0) is 17.7 Å². The normalized spacial score (nSPS) is 15.0. The molecule has 0 bridgehead atoms. The van der Waals surface area contributed by atoms with Crippen molar-refractivity contribution in [1.29, 1.82) is 0 Å². The Kier molecular flexibility index (Phi) is 11.6. The predicted molar refractivity (Wildman–Crippen MR) is 91.6 cm³/mol. The third kappa shape index (κ3) is 7.29. The molecule has 0 aromatic heterocycles. The van der Waals surface area contributed by atoms with E-state index in [0.717, 1.165) is 0 Å². The van der Waals surface area contributed by atoms with Gasteiger partial charge in [0.1, 0.15) is 13.2 Å². The Morgan fingerprint density at radius 2 is 0.811 bits per heavy atom. The zero-order valence-electron chi connectivity index (χ0n) is 17.7. The molecule has 0 radical (unpaired) electrons. The van der Waals surface area contributed by atoms with Gasteiger partial charge < -0.3 is 17.7 Å². The van der Waals surface area contributed by atoms with Crippen LogP contribution < -0.4 is 0 Å². The molecule has 0 saturated heterocycles. The first-order valence-corrected chi connectivity index (χ1v) is 10.7. The molecule has 0 rings (SSSR count). The quantitative estimate of drug-likeness (QED) is 0.106. The number of rotatable bonds is 18. The highest BCUT2D eigenvalue weighted by Gasteiger charge is 2.77. The van der Waals surface area contributed by atoms with Crippen molar-refractivity contribution in [3.63, 3.8) is 0 Å². The number of alkyl halides is 16. The summed E-state index contributed by atoms with van der Waals surface area (Å²) < 4.78 is 227. The Bertz CT molecular complexity index is 699. The highest BCUT2D eigenvalue weighted by Crippen LogP contribution is 2.50. The molecule has 0 unspecified atom stereocenters. The Labute approximate surface area is 198 Å². The molecular formula is C16H16F16O4Si. The van der Waals surface area contributed by atoms with Crippen molar-refractivity contribution in [3.05, 3.63) is 25.3 Å². The van der Waals surface area contributed by atoms with Crippen LogP contribution in [0.4, 0.5) is 70.2 Å². The van der Waals surface area contributed by atoms with Crippen molar-refractivity contribution in [2.75, 3.05) is 26.4 Å². The lowest BCUT2D eigenvalue weighted by Crippen LogP contribution is -2.63. The second-order valence-corrected chi connectivity index (χ2v) is 8.84. The van der Waals surface area contributed by atoms with Crippen LogP contribution in [0.3, 0.4) is 0 Å². The van der Waals surface area contributed by atoms with E-state index >= 15 is 0 Å². The van der Waals surface area contributed by atoms with Crippen LogP contribution in [0.1, 0.15) is 0 Å². The summed E-state index contributed by atoms with van der Waals surface area (Å²) in [7, 11) is -6.02. The first-order chi connectivity index (χ1) is 16.4. The zero-order chi connectivity index (χ0) is 29.7. The fourth-order valence-electron chi connectivity index (χ4n) is 1.87. The third-order valence-corrected chi connectivity index (χ3v) is 5.96. The van der Waals surface area contributed by atoms with Gasteiger partial charge in [-0.1, -0.05) is 12.2 Å². The Morgan fingerprint density at radius 1 is 0.541 bits per heavy atom. The topological polar surface area (TPSA) is 36.9 Å². The van der Waals surface area contributed by atoms with Gasteiger partial charge in [-0.25, -0.2) is 17.6 Å². The molecule has 0 amide bonds. The predicted octanol–water partition coefficient (Wildman–Crippen LogP) is 6.20. The van der Waals surface area contributed by atoms with Crippen LogP contribution in [0, 0.1) is 0 Å². The molecule has 0 N–H and O–H groups in total. The van der Waals surface area contributed by atoms with Crippen molar-refractivity contribution in [1.82, 2.24) is 0 Å². The van der Waals surface area contributed by atoms with Crippen LogP contribution >= 0.6 is 0 Å². The van der Waals surface area contributed by atoms with Gasteiger partial charge in [0.2, 0.25) is 0 Å². The molecule has 37 heavy (non-hydrogen) atoms. The second-order valence-electron chi connectivity index (χ2n) is 6.68. The molecule has 0 aromatic rings. The molecule has 0 spiro atoms. The average Bonchev–Trinajstić information content (AvgIpc) is 2.77. The van der Waals surface area contributed by atoms with Gasteiger partial charge in [-0.05, 0) is 0 Å². The molecule has 0 aliphatic rings. The molecule has 220 valence electrons. The smallest absolute Gasteiger partial charge is 0.347 e. The summed E-state index contributed by atoms with van der Waals surface area (Å²) in [4.78, 5) is 0. The van der Waals surface area contributed by atoms with Crippen molar-refractivity contribution in [2.24, 2.45) is 0 Å². The Morgan fingerprint density at radius 3 is 1.03 bits per heavy atom. The molecule has 0 aromatic carbocycles. The fourth-order valence-corrected chi connectivity index (χ4v) is 3.73. The van der Waals surface area contributed by atoms with Gasteiger partial charge in [0, 0.05) is 0 Å². The van der Waals surface area contributed by atoms with E-state index in [-0.39, 0.29) is 0 Å². The summed E-state index contributed by atoms with van der Waals surface area (Å²) in [6, 6.07) is 0. The number of halogens is 16. The monoisotopic (exact) mass is 604 g/mol. The lowest BCUT2D eigenvalue weighted by atomic mass is 10.1. The maximum Gasteiger partial charge on any atom is 0.680 e. The van der Waals surface area contributed by atoms with Gasteiger partial charge in [-0.3, -0.25) is 0 Å². The lowest BCUT2D eigenvalue weighted by Gasteiger charge is -2.36. The van der Waals surface area contributed by atoms with E-state index < -0.39 is 83.9 Å². The van der Waals surface area contributed by atoms with Crippen molar-refractivity contribution in [2.45, 2.75) is 48.4 Å². The molecule has 0 saturated carbocycles. The van der Waals surface area contributed by atoms with E-state index in [9.17, 15) is 70.2 Å². The molecule has 4 nitrogen and oxygen atoms in total. The van der Waals surface area contributed by atoms with Gasteiger partial charge in [-0.2, -0.15) is 52.7 Å². The van der Waals surface area contributed by atoms with E-state index in [1.807, 2.05) is 0 Å². The summed E-state index contributed by atoms with van der Waals surface area (Å²) >= 11 is 0. The van der Waals surface area contributed by atoms with Gasteiger partial charge in [0.25, 0.3) is 0 Å². The van der Waals surface area contributed by atoms with Gasteiger partial charge in [0.15, 0.2) is 0 Å². The number of hydrogen-bond donors (Lipinski definition) is 0. The summed E-state index contributed by atoms with van der Waals surface area (Å²) in [5.74, 6) is -39.8. The van der Waals surface area contributed by atoms with Gasteiger partial charge in [0.05, 0.1) is 13.2 Å². The number of hydrogen-bond acceptors (Lipinski definition) is 4.